The van der Waals surface area contributed by atoms with Gasteiger partial charge in [-0.3, -0.25) is 4.90 Å². The molecular formula is C29H32FN3O3. The molecular weight excluding hydrogens is 457 g/mol. The van der Waals surface area contributed by atoms with Crippen molar-refractivity contribution in [2.24, 2.45) is 0 Å². The highest BCUT2D eigenvalue weighted by Gasteiger charge is 2.23. The molecule has 1 heterocycles. The van der Waals surface area contributed by atoms with Gasteiger partial charge in [0.05, 0.1) is 29.7 Å². The van der Waals surface area contributed by atoms with Gasteiger partial charge in [0.1, 0.15) is 11.6 Å². The molecule has 0 fully saturated rings. The minimum atomic E-state index is -0.554. The monoisotopic (exact) mass is 489 g/mol. The molecule has 0 aliphatic rings. The van der Waals surface area contributed by atoms with Crippen LogP contribution < -0.4 is 4.74 Å². The van der Waals surface area contributed by atoms with Crippen LogP contribution in [0.4, 0.5) is 4.39 Å². The number of aliphatic hydroxyl groups is 1. The Morgan fingerprint density at radius 3 is 2.42 bits per heavy atom. The number of benzene rings is 3. The summed E-state index contributed by atoms with van der Waals surface area (Å²) in [4.78, 5) is 2.13. The number of hydrogen-bond donors (Lipinski definition) is 1. The average Bonchev–Trinajstić information content (AvgIpc) is 3.18. The molecule has 6 nitrogen and oxygen atoms in total. The van der Waals surface area contributed by atoms with Gasteiger partial charge < -0.3 is 14.6 Å². The van der Waals surface area contributed by atoms with Crippen LogP contribution in [-0.4, -0.2) is 52.7 Å². The third kappa shape index (κ3) is 6.79. The van der Waals surface area contributed by atoms with Gasteiger partial charge in [-0.25, -0.2) is 9.07 Å². The van der Waals surface area contributed by atoms with Gasteiger partial charge in [-0.2, -0.15) is 5.10 Å². The van der Waals surface area contributed by atoms with Crippen molar-refractivity contribution in [1.29, 1.82) is 0 Å². The van der Waals surface area contributed by atoms with E-state index in [1.807, 2.05) is 67.6 Å². The highest BCUT2D eigenvalue weighted by atomic mass is 19.1. The van der Waals surface area contributed by atoms with Crippen molar-refractivity contribution in [3.05, 3.63) is 108 Å². The maximum Gasteiger partial charge on any atom is 0.227 e. The van der Waals surface area contributed by atoms with E-state index in [9.17, 15) is 9.50 Å². The quantitative estimate of drug-likeness (QED) is 0.298. The van der Waals surface area contributed by atoms with Gasteiger partial charge in [0.2, 0.25) is 5.88 Å². The SMILES string of the molecule is COCCN(Cc1c(C)nn(-c2ccccc2)c1Oc1cccc(F)c1)C[C@H](O)Cc1ccccc1. The van der Waals surface area contributed by atoms with Crippen LogP contribution in [0.5, 0.6) is 11.6 Å². The Labute approximate surface area is 211 Å². The molecule has 1 aromatic heterocycles. The molecule has 0 saturated heterocycles. The van der Waals surface area contributed by atoms with Crippen LogP contribution in [0, 0.1) is 12.7 Å². The summed E-state index contributed by atoms with van der Waals surface area (Å²) in [5, 5.41) is 15.6. The van der Waals surface area contributed by atoms with E-state index in [1.165, 1.54) is 12.1 Å². The zero-order chi connectivity index (χ0) is 25.3. The number of aryl methyl sites for hydroxylation is 1. The van der Waals surface area contributed by atoms with E-state index >= 15 is 0 Å². The molecule has 0 amide bonds. The van der Waals surface area contributed by atoms with E-state index < -0.39 is 6.10 Å². The van der Waals surface area contributed by atoms with Crippen molar-refractivity contribution in [3.8, 4) is 17.3 Å². The first-order valence-corrected chi connectivity index (χ1v) is 12.0. The molecule has 3 aromatic carbocycles. The number of nitrogens with zero attached hydrogens (tertiary/aromatic N) is 3. The van der Waals surface area contributed by atoms with Gasteiger partial charge in [-0.1, -0.05) is 54.6 Å². The summed E-state index contributed by atoms with van der Waals surface area (Å²) < 4.78 is 27.2. The maximum absolute atomic E-state index is 13.9. The lowest BCUT2D eigenvalue weighted by Crippen LogP contribution is -2.35. The summed E-state index contributed by atoms with van der Waals surface area (Å²) in [7, 11) is 1.66. The van der Waals surface area contributed by atoms with E-state index in [1.54, 1.807) is 23.9 Å². The predicted octanol–water partition coefficient (Wildman–Crippen LogP) is 5.16. The second-order valence-corrected chi connectivity index (χ2v) is 8.75. The van der Waals surface area contributed by atoms with Crippen LogP contribution in [0.1, 0.15) is 16.8 Å². The van der Waals surface area contributed by atoms with Crippen molar-refractivity contribution in [2.75, 3.05) is 26.8 Å². The van der Waals surface area contributed by atoms with E-state index in [0.717, 1.165) is 22.5 Å². The summed E-state index contributed by atoms with van der Waals surface area (Å²) in [6, 6.07) is 25.7. The van der Waals surface area contributed by atoms with E-state index in [4.69, 9.17) is 14.6 Å². The Morgan fingerprint density at radius 1 is 1.00 bits per heavy atom. The van der Waals surface area contributed by atoms with Crippen LogP contribution in [0.3, 0.4) is 0 Å². The molecule has 1 N–H and O–H groups in total. The molecule has 0 saturated carbocycles. The molecule has 0 spiro atoms. The minimum Gasteiger partial charge on any atom is -0.438 e. The van der Waals surface area contributed by atoms with Gasteiger partial charge >= 0.3 is 0 Å². The van der Waals surface area contributed by atoms with Crippen molar-refractivity contribution < 1.29 is 19.0 Å². The fourth-order valence-electron chi connectivity index (χ4n) is 4.14. The van der Waals surface area contributed by atoms with Crippen molar-refractivity contribution in [2.45, 2.75) is 26.0 Å². The predicted molar refractivity (Wildman–Crippen MR) is 138 cm³/mol. The zero-order valence-corrected chi connectivity index (χ0v) is 20.7. The molecule has 4 rings (SSSR count). The third-order valence-corrected chi connectivity index (χ3v) is 5.93. The Bertz CT molecular complexity index is 1230. The Hall–Kier alpha value is -3.52. The van der Waals surface area contributed by atoms with Gasteiger partial charge in [-0.05, 0) is 43.2 Å². The van der Waals surface area contributed by atoms with Crippen LogP contribution in [0.2, 0.25) is 0 Å². The molecule has 0 aliphatic heterocycles. The molecule has 0 aliphatic carbocycles. The molecule has 36 heavy (non-hydrogen) atoms. The Balaban J connectivity index is 1.63. The van der Waals surface area contributed by atoms with E-state index in [2.05, 4.69) is 4.90 Å². The smallest absolute Gasteiger partial charge is 0.227 e. The second kappa shape index (κ2) is 12.4. The summed E-state index contributed by atoms with van der Waals surface area (Å²) in [6.45, 7) is 4.01. The molecule has 0 radical (unpaired) electrons. The third-order valence-electron chi connectivity index (χ3n) is 5.93. The first-order valence-electron chi connectivity index (χ1n) is 12.0. The van der Waals surface area contributed by atoms with Gasteiger partial charge in [0.15, 0.2) is 0 Å². The fourth-order valence-corrected chi connectivity index (χ4v) is 4.14. The number of methoxy groups -OCH3 is 1. The molecule has 1 atom stereocenters. The number of rotatable bonds is 12. The summed E-state index contributed by atoms with van der Waals surface area (Å²) in [6.07, 6.45) is 0.000457. The minimum absolute atomic E-state index is 0.373. The van der Waals surface area contributed by atoms with Crippen LogP contribution in [0.25, 0.3) is 5.69 Å². The van der Waals surface area contributed by atoms with Gasteiger partial charge in [0.25, 0.3) is 0 Å². The molecule has 0 unspecified atom stereocenters. The second-order valence-electron chi connectivity index (χ2n) is 8.75. The first-order chi connectivity index (χ1) is 17.5. The van der Waals surface area contributed by atoms with E-state index in [-0.39, 0.29) is 5.82 Å². The maximum atomic E-state index is 13.9. The number of ether oxygens (including phenoxy) is 2. The number of halogens is 1. The van der Waals surface area contributed by atoms with Crippen molar-refractivity contribution in [3.63, 3.8) is 0 Å². The molecule has 188 valence electrons. The molecule has 4 aromatic rings. The zero-order valence-electron chi connectivity index (χ0n) is 20.7. The summed E-state index contributed by atoms with van der Waals surface area (Å²) in [5.41, 5.74) is 3.59. The lowest BCUT2D eigenvalue weighted by atomic mass is 10.1. The Kier molecular flexibility index (Phi) is 8.84. The van der Waals surface area contributed by atoms with Crippen LogP contribution >= 0.6 is 0 Å². The lowest BCUT2D eigenvalue weighted by molar-refractivity contribution is 0.0846. The summed E-state index contributed by atoms with van der Waals surface area (Å²) >= 11 is 0. The molecule has 7 heteroatoms. The number of para-hydroxylation sites is 1. The number of aliphatic hydroxyl groups excluding tert-OH is 1. The van der Waals surface area contributed by atoms with Crippen LogP contribution in [0.15, 0.2) is 84.9 Å². The fraction of sp³-hybridized carbons (Fsp3) is 0.276. The standard InChI is InChI=1S/C29H32FN3O3/c1-22-28(21-32(16-17-35-2)20-26(34)18-23-10-5-3-6-11-23)29(36-27-15-9-12-24(30)19-27)33(31-22)25-13-7-4-8-14-25/h3-15,19,26,34H,16-18,20-21H2,1-2H3/t26-/m1/s1. The molecule has 0 bridgehead atoms. The average molecular weight is 490 g/mol. The van der Waals surface area contributed by atoms with E-state index in [0.29, 0.717) is 44.3 Å². The number of hydrogen-bond acceptors (Lipinski definition) is 5. The van der Waals surface area contributed by atoms with Crippen LogP contribution in [-0.2, 0) is 17.7 Å². The highest BCUT2D eigenvalue weighted by molar-refractivity contribution is 5.43. The van der Waals surface area contributed by atoms with Gasteiger partial charge in [0, 0.05) is 32.8 Å². The lowest BCUT2D eigenvalue weighted by Gasteiger charge is -2.25. The topological polar surface area (TPSA) is 59.8 Å². The normalized spacial score (nSPS) is 12.1. The van der Waals surface area contributed by atoms with Crippen molar-refractivity contribution in [1.82, 2.24) is 14.7 Å². The van der Waals surface area contributed by atoms with Gasteiger partial charge in [-0.15, -0.1) is 0 Å². The van der Waals surface area contributed by atoms with Crippen molar-refractivity contribution >= 4 is 0 Å². The summed E-state index contributed by atoms with van der Waals surface area (Å²) in [5.74, 6) is 0.535. The highest BCUT2D eigenvalue weighted by Crippen LogP contribution is 2.32. The first kappa shape index (κ1) is 25.6. The largest absolute Gasteiger partial charge is 0.438 e. The number of aromatic nitrogens is 2. The Morgan fingerprint density at radius 2 is 1.72 bits per heavy atom.